The molecule has 0 heterocycles. The summed E-state index contributed by atoms with van der Waals surface area (Å²) in [6.07, 6.45) is 6.33. The summed E-state index contributed by atoms with van der Waals surface area (Å²) in [5.41, 5.74) is 2.82. The van der Waals surface area contributed by atoms with Crippen molar-refractivity contribution in [1.29, 1.82) is 0 Å². The van der Waals surface area contributed by atoms with E-state index in [1.807, 2.05) is 13.8 Å². The van der Waals surface area contributed by atoms with E-state index in [2.05, 4.69) is 6.92 Å². The fourth-order valence-electron chi connectivity index (χ4n) is 7.77. The normalized spacial score (nSPS) is 46.2. The third kappa shape index (κ3) is 3.98. The Labute approximate surface area is 191 Å². The molecule has 0 spiro atoms. The fraction of sp³-hybridized carbons (Fsp3) is 0.920. The van der Waals surface area contributed by atoms with Gasteiger partial charge in [-0.2, -0.15) is 0 Å². The first-order chi connectivity index (χ1) is 15.0. The fourth-order valence-corrected chi connectivity index (χ4v) is 7.77. The maximum Gasteiger partial charge on any atom is 0.190 e. The first-order valence-corrected chi connectivity index (χ1v) is 12.4. The SMILES string of the molecule is CCC(N)CO.C[C@]12CC[C@@H](O)C[C@H]1CC[C@@H]1[C@@H]2C(=O)C[C@@]2(C)[C@H]1CC[C@]2(O)C(=O)CO. The Balaban J connectivity index is 0.000000427. The minimum Gasteiger partial charge on any atom is -0.395 e. The lowest BCUT2D eigenvalue weighted by atomic mass is 9.44. The lowest BCUT2D eigenvalue weighted by Gasteiger charge is -2.60. The second-order valence-corrected chi connectivity index (χ2v) is 11.3. The number of hydrogen-bond acceptors (Lipinski definition) is 7. The lowest BCUT2D eigenvalue weighted by molar-refractivity contribution is -0.180. The third-order valence-electron chi connectivity index (χ3n) is 9.84. The van der Waals surface area contributed by atoms with Gasteiger partial charge in [-0.05, 0) is 74.5 Å². The van der Waals surface area contributed by atoms with Gasteiger partial charge in [0.05, 0.1) is 12.7 Å². The molecule has 0 aromatic heterocycles. The number of ketones is 2. The standard InChI is InChI=1S/C21H32O5.C4H11NO/c1-19-7-5-13(23)9-12(19)3-4-14-15-6-8-21(26,17(25)11-22)20(15,2)10-16(24)18(14)19;1-2-4(5)3-6/h12-15,18,22-23,26H,3-11H2,1-2H3;4,6H,2-3,5H2,1H3/t12-,13-,14+,15+,18-,19+,20+,21+;/m1./s1. The zero-order valence-corrected chi connectivity index (χ0v) is 19.9. The van der Waals surface area contributed by atoms with Gasteiger partial charge in [0, 0.05) is 23.8 Å². The van der Waals surface area contributed by atoms with Crippen LogP contribution in [0.15, 0.2) is 0 Å². The van der Waals surface area contributed by atoms with Crippen molar-refractivity contribution in [3.8, 4) is 0 Å². The quantitative estimate of drug-likeness (QED) is 0.435. The molecule has 4 aliphatic rings. The Morgan fingerprint density at radius 3 is 2.41 bits per heavy atom. The molecule has 4 saturated carbocycles. The number of hydrogen-bond donors (Lipinski definition) is 5. The van der Waals surface area contributed by atoms with E-state index < -0.39 is 23.4 Å². The number of carbonyl (C=O) groups excluding carboxylic acids is 2. The number of nitrogens with two attached hydrogens (primary N) is 1. The molecule has 0 aliphatic heterocycles. The van der Waals surface area contributed by atoms with Gasteiger partial charge in [0.25, 0.3) is 0 Å². The van der Waals surface area contributed by atoms with Crippen LogP contribution in [0, 0.1) is 34.5 Å². The van der Waals surface area contributed by atoms with Gasteiger partial charge in [-0.15, -0.1) is 0 Å². The summed E-state index contributed by atoms with van der Waals surface area (Å²) in [5.74, 6) is 0.380. The molecule has 4 rings (SSSR count). The van der Waals surface area contributed by atoms with Gasteiger partial charge < -0.3 is 26.2 Å². The number of Topliss-reactive ketones (excluding diaryl/α,β-unsaturated/α-hetero) is 2. The van der Waals surface area contributed by atoms with Gasteiger partial charge >= 0.3 is 0 Å². The highest BCUT2D eigenvalue weighted by Gasteiger charge is 2.68. The van der Waals surface area contributed by atoms with Crippen molar-refractivity contribution in [2.45, 2.75) is 96.3 Å². The monoisotopic (exact) mass is 453 g/mol. The van der Waals surface area contributed by atoms with Crippen molar-refractivity contribution in [3.05, 3.63) is 0 Å². The Hall–Kier alpha value is -0.860. The van der Waals surface area contributed by atoms with Crippen molar-refractivity contribution in [3.63, 3.8) is 0 Å². The summed E-state index contributed by atoms with van der Waals surface area (Å²) in [5, 5.41) is 38.8. The smallest absolute Gasteiger partial charge is 0.190 e. The van der Waals surface area contributed by atoms with E-state index in [0.29, 0.717) is 12.3 Å². The van der Waals surface area contributed by atoms with Crippen LogP contribution in [0.25, 0.3) is 0 Å². The maximum absolute atomic E-state index is 13.4. The summed E-state index contributed by atoms with van der Waals surface area (Å²) < 4.78 is 0. The number of aliphatic hydroxyl groups is 4. The van der Waals surface area contributed by atoms with Crippen LogP contribution in [0.3, 0.4) is 0 Å². The van der Waals surface area contributed by atoms with Crippen LogP contribution in [0.5, 0.6) is 0 Å². The molecule has 32 heavy (non-hydrogen) atoms. The maximum atomic E-state index is 13.4. The van der Waals surface area contributed by atoms with Crippen molar-refractivity contribution in [2.75, 3.05) is 13.2 Å². The van der Waals surface area contributed by atoms with Crippen molar-refractivity contribution >= 4 is 11.6 Å². The Bertz CT molecular complexity index is 711. The number of rotatable bonds is 4. The van der Waals surface area contributed by atoms with Crippen LogP contribution in [0.4, 0.5) is 0 Å². The summed E-state index contributed by atoms with van der Waals surface area (Å²) in [7, 11) is 0. The average Bonchev–Trinajstić information content (AvgIpc) is 3.04. The molecule has 0 aromatic rings. The molecule has 0 bridgehead atoms. The van der Waals surface area contributed by atoms with E-state index in [1.54, 1.807) is 0 Å². The predicted octanol–water partition coefficient (Wildman–Crippen LogP) is 1.58. The topological polar surface area (TPSA) is 141 Å². The van der Waals surface area contributed by atoms with Crippen LogP contribution in [-0.2, 0) is 9.59 Å². The number of aliphatic hydroxyl groups excluding tert-OH is 3. The van der Waals surface area contributed by atoms with Crippen LogP contribution in [0.1, 0.15) is 78.6 Å². The van der Waals surface area contributed by atoms with Gasteiger partial charge in [0.15, 0.2) is 5.78 Å². The highest BCUT2D eigenvalue weighted by atomic mass is 16.3. The highest BCUT2D eigenvalue weighted by Crippen LogP contribution is 2.67. The second kappa shape index (κ2) is 9.41. The zero-order chi connectivity index (χ0) is 23.9. The minimum atomic E-state index is -1.58. The summed E-state index contributed by atoms with van der Waals surface area (Å²) in [6, 6.07) is -0.00926. The third-order valence-corrected chi connectivity index (χ3v) is 9.84. The molecule has 6 N–H and O–H groups in total. The van der Waals surface area contributed by atoms with Gasteiger partial charge in [-0.25, -0.2) is 0 Å². The van der Waals surface area contributed by atoms with Crippen molar-refractivity contribution in [1.82, 2.24) is 0 Å². The van der Waals surface area contributed by atoms with Crippen LogP contribution >= 0.6 is 0 Å². The molecule has 7 nitrogen and oxygen atoms in total. The van der Waals surface area contributed by atoms with E-state index >= 15 is 0 Å². The first kappa shape index (κ1) is 25.8. The van der Waals surface area contributed by atoms with Crippen molar-refractivity contribution in [2.24, 2.45) is 40.2 Å². The molecule has 1 unspecified atom stereocenters. The molecule has 0 amide bonds. The second-order valence-electron chi connectivity index (χ2n) is 11.3. The molecule has 7 heteroatoms. The van der Waals surface area contributed by atoms with Crippen LogP contribution < -0.4 is 5.73 Å². The summed E-state index contributed by atoms with van der Waals surface area (Å²) in [4.78, 5) is 25.7. The molecular formula is C25H43NO6. The van der Waals surface area contributed by atoms with E-state index in [-0.39, 0.29) is 54.1 Å². The van der Waals surface area contributed by atoms with E-state index in [1.165, 1.54) is 0 Å². The predicted molar refractivity (Wildman–Crippen MR) is 121 cm³/mol. The zero-order valence-electron chi connectivity index (χ0n) is 19.9. The number of fused-ring (bicyclic) bond motifs is 5. The van der Waals surface area contributed by atoms with E-state index in [0.717, 1.165) is 44.9 Å². The average molecular weight is 454 g/mol. The highest BCUT2D eigenvalue weighted by molar-refractivity contribution is 5.92. The molecular weight excluding hydrogens is 410 g/mol. The number of carbonyl (C=O) groups is 2. The van der Waals surface area contributed by atoms with Crippen LogP contribution in [-0.4, -0.2) is 63.0 Å². The molecule has 0 radical (unpaired) electrons. The summed E-state index contributed by atoms with van der Waals surface area (Å²) >= 11 is 0. The molecule has 4 aliphatic carbocycles. The molecule has 4 fully saturated rings. The Morgan fingerprint density at radius 1 is 1.16 bits per heavy atom. The van der Waals surface area contributed by atoms with Gasteiger partial charge in [0.1, 0.15) is 18.0 Å². The van der Waals surface area contributed by atoms with Crippen LogP contribution in [0.2, 0.25) is 0 Å². The van der Waals surface area contributed by atoms with Gasteiger partial charge in [-0.1, -0.05) is 20.8 Å². The lowest BCUT2D eigenvalue weighted by Crippen LogP contribution is -2.62. The molecule has 184 valence electrons. The van der Waals surface area contributed by atoms with E-state index in [4.69, 9.17) is 10.8 Å². The van der Waals surface area contributed by atoms with E-state index in [9.17, 15) is 24.9 Å². The Morgan fingerprint density at radius 2 is 1.84 bits per heavy atom. The largest absolute Gasteiger partial charge is 0.395 e. The molecule has 0 saturated heterocycles. The molecule has 0 aromatic carbocycles. The Kier molecular flexibility index (Phi) is 7.58. The van der Waals surface area contributed by atoms with Crippen molar-refractivity contribution < 1.29 is 30.0 Å². The van der Waals surface area contributed by atoms with Gasteiger partial charge in [-0.3, -0.25) is 9.59 Å². The minimum absolute atomic E-state index is 0.00926. The molecule has 9 atom stereocenters. The first-order valence-electron chi connectivity index (χ1n) is 12.4. The summed E-state index contributed by atoms with van der Waals surface area (Å²) in [6.45, 7) is 5.52. The van der Waals surface area contributed by atoms with Gasteiger partial charge in [0.2, 0.25) is 0 Å².